The number of hydrogen-bond donors (Lipinski definition) is 3. The van der Waals surface area contributed by atoms with E-state index in [2.05, 4.69) is 15.3 Å². The monoisotopic (exact) mass is 230 g/mol. The second-order valence-electron chi connectivity index (χ2n) is 3.72. The van der Waals surface area contributed by atoms with Crippen LogP contribution in [0.5, 0.6) is 0 Å². The quantitative estimate of drug-likeness (QED) is 0.684. The third-order valence-corrected chi connectivity index (χ3v) is 2.35. The molecule has 2 rings (SSSR count). The largest absolute Gasteiger partial charge is 0.399 e. The van der Waals surface area contributed by atoms with Gasteiger partial charge in [0.2, 0.25) is 0 Å². The summed E-state index contributed by atoms with van der Waals surface area (Å²) in [5.74, 6) is 0.581. The summed E-state index contributed by atoms with van der Waals surface area (Å²) in [4.78, 5) is 17.5. The Morgan fingerprint density at radius 2 is 2.24 bits per heavy atom. The van der Waals surface area contributed by atoms with Crippen LogP contribution in [-0.4, -0.2) is 16.5 Å². The zero-order valence-electron chi connectivity index (χ0n) is 9.31. The van der Waals surface area contributed by atoms with Crippen molar-refractivity contribution in [3.05, 3.63) is 52.6 Å². The fourth-order valence-corrected chi connectivity index (χ4v) is 1.55. The third kappa shape index (κ3) is 3.34. The molecule has 1 heterocycles. The molecule has 17 heavy (non-hydrogen) atoms. The van der Waals surface area contributed by atoms with E-state index >= 15 is 0 Å². The number of nitrogens with one attached hydrogen (secondary N) is 2. The predicted octanol–water partition coefficient (Wildman–Crippen LogP) is 1.01. The van der Waals surface area contributed by atoms with Gasteiger partial charge in [-0.3, -0.25) is 4.79 Å². The van der Waals surface area contributed by atoms with Crippen molar-refractivity contribution in [3.8, 4) is 0 Å². The molecule has 0 radical (unpaired) electrons. The van der Waals surface area contributed by atoms with E-state index in [0.29, 0.717) is 12.4 Å². The molecule has 0 aliphatic heterocycles. The maximum Gasteiger partial charge on any atom is 0.252 e. The summed E-state index contributed by atoms with van der Waals surface area (Å²) in [5, 5.41) is 3.08. The highest BCUT2D eigenvalue weighted by Crippen LogP contribution is 2.07. The van der Waals surface area contributed by atoms with Crippen LogP contribution in [0.4, 0.5) is 11.5 Å². The van der Waals surface area contributed by atoms with E-state index in [4.69, 9.17) is 5.73 Å². The molecule has 0 spiro atoms. The van der Waals surface area contributed by atoms with Gasteiger partial charge in [0, 0.05) is 18.3 Å². The highest BCUT2D eigenvalue weighted by atomic mass is 16.1. The van der Waals surface area contributed by atoms with Gasteiger partial charge < -0.3 is 16.0 Å². The summed E-state index contributed by atoms with van der Waals surface area (Å²) >= 11 is 0. The predicted molar refractivity (Wildman–Crippen MR) is 67.9 cm³/mol. The third-order valence-electron chi connectivity index (χ3n) is 2.35. The van der Waals surface area contributed by atoms with Gasteiger partial charge in [-0.2, -0.15) is 0 Å². The first-order valence-corrected chi connectivity index (χ1v) is 5.37. The number of aromatic amines is 1. The average Bonchev–Trinajstić information content (AvgIpc) is 2.29. The summed E-state index contributed by atoms with van der Waals surface area (Å²) in [5.41, 5.74) is 7.44. The Morgan fingerprint density at radius 3 is 3.00 bits per heavy atom. The van der Waals surface area contributed by atoms with Crippen LogP contribution in [0.25, 0.3) is 0 Å². The van der Waals surface area contributed by atoms with Crippen LogP contribution in [0.3, 0.4) is 0 Å². The zero-order valence-corrected chi connectivity index (χ0v) is 9.31. The molecule has 0 saturated carbocycles. The van der Waals surface area contributed by atoms with Gasteiger partial charge in [-0.15, -0.1) is 0 Å². The van der Waals surface area contributed by atoms with Gasteiger partial charge in [0.05, 0.1) is 6.33 Å². The number of nitrogens with zero attached hydrogens (tertiary/aromatic N) is 1. The summed E-state index contributed by atoms with van der Waals surface area (Å²) in [6.07, 6.45) is 2.21. The second kappa shape index (κ2) is 5.16. The van der Waals surface area contributed by atoms with Crippen LogP contribution >= 0.6 is 0 Å². The van der Waals surface area contributed by atoms with E-state index in [-0.39, 0.29) is 5.56 Å². The number of aromatic nitrogens is 2. The van der Waals surface area contributed by atoms with E-state index in [1.54, 1.807) is 0 Å². The topological polar surface area (TPSA) is 83.8 Å². The molecule has 0 unspecified atom stereocenters. The maximum absolute atomic E-state index is 11.0. The number of benzene rings is 1. The van der Waals surface area contributed by atoms with Crippen molar-refractivity contribution in [3.63, 3.8) is 0 Å². The summed E-state index contributed by atoms with van der Waals surface area (Å²) in [7, 11) is 0. The molecule has 0 atom stereocenters. The number of H-pyrrole nitrogens is 1. The SMILES string of the molecule is Nc1cccc(CCNc2cc(=O)[nH]cn2)c1. The summed E-state index contributed by atoms with van der Waals surface area (Å²) < 4.78 is 0. The first-order valence-electron chi connectivity index (χ1n) is 5.37. The first kappa shape index (κ1) is 11.2. The minimum atomic E-state index is -0.161. The molecule has 5 heteroatoms. The maximum atomic E-state index is 11.0. The summed E-state index contributed by atoms with van der Waals surface area (Å²) in [6.45, 7) is 0.708. The van der Waals surface area contributed by atoms with Crippen molar-refractivity contribution in [2.24, 2.45) is 0 Å². The minimum Gasteiger partial charge on any atom is -0.399 e. The van der Waals surface area contributed by atoms with Crippen LogP contribution < -0.4 is 16.6 Å². The van der Waals surface area contributed by atoms with Crippen LogP contribution in [-0.2, 0) is 6.42 Å². The van der Waals surface area contributed by atoms with Gasteiger partial charge in [0.1, 0.15) is 5.82 Å². The molecule has 5 nitrogen and oxygen atoms in total. The van der Waals surface area contributed by atoms with Crippen LogP contribution in [0.1, 0.15) is 5.56 Å². The van der Waals surface area contributed by atoms with Gasteiger partial charge in [0.25, 0.3) is 5.56 Å². The normalized spacial score (nSPS) is 10.1. The smallest absolute Gasteiger partial charge is 0.252 e. The molecule has 1 aromatic heterocycles. The van der Waals surface area contributed by atoms with Crippen molar-refractivity contribution in [1.82, 2.24) is 9.97 Å². The number of nitrogens with two attached hydrogens (primary N) is 1. The highest BCUT2D eigenvalue weighted by Gasteiger charge is 1.96. The van der Waals surface area contributed by atoms with Crippen LogP contribution in [0, 0.1) is 0 Å². The molecule has 1 aromatic carbocycles. The molecule has 0 amide bonds. The van der Waals surface area contributed by atoms with Crippen molar-refractivity contribution in [1.29, 1.82) is 0 Å². The van der Waals surface area contributed by atoms with Gasteiger partial charge in [-0.1, -0.05) is 12.1 Å². The average molecular weight is 230 g/mol. The molecular formula is C12H14N4O. The van der Waals surface area contributed by atoms with Gasteiger partial charge in [-0.25, -0.2) is 4.98 Å². The van der Waals surface area contributed by atoms with Crippen molar-refractivity contribution >= 4 is 11.5 Å². The fourth-order valence-electron chi connectivity index (χ4n) is 1.55. The van der Waals surface area contributed by atoms with Gasteiger partial charge >= 0.3 is 0 Å². The van der Waals surface area contributed by atoms with Gasteiger partial charge in [-0.05, 0) is 24.1 Å². The Hall–Kier alpha value is -2.30. The molecule has 0 bridgehead atoms. The Morgan fingerprint density at radius 1 is 1.35 bits per heavy atom. The van der Waals surface area contributed by atoms with Crippen molar-refractivity contribution < 1.29 is 0 Å². The Labute approximate surface area is 98.7 Å². The standard InChI is InChI=1S/C12H14N4O/c13-10-3-1-2-9(6-10)4-5-14-11-7-12(17)16-8-15-11/h1-3,6-8H,4-5,13H2,(H2,14,15,16,17). The van der Waals surface area contributed by atoms with E-state index in [1.807, 2.05) is 24.3 Å². The summed E-state index contributed by atoms with van der Waals surface area (Å²) in [6, 6.07) is 9.17. The lowest BCUT2D eigenvalue weighted by molar-refractivity contribution is 0.994. The second-order valence-corrected chi connectivity index (χ2v) is 3.72. The lowest BCUT2D eigenvalue weighted by Crippen LogP contribution is -2.11. The fraction of sp³-hybridized carbons (Fsp3) is 0.167. The molecule has 0 aliphatic carbocycles. The molecule has 0 fully saturated rings. The van der Waals surface area contributed by atoms with E-state index < -0.39 is 0 Å². The number of anilines is 2. The number of hydrogen-bond acceptors (Lipinski definition) is 4. The van der Waals surface area contributed by atoms with E-state index in [0.717, 1.165) is 17.7 Å². The Balaban J connectivity index is 1.90. The number of rotatable bonds is 4. The van der Waals surface area contributed by atoms with Gasteiger partial charge in [0.15, 0.2) is 0 Å². The van der Waals surface area contributed by atoms with Crippen LogP contribution in [0.2, 0.25) is 0 Å². The molecule has 0 aliphatic rings. The van der Waals surface area contributed by atoms with E-state index in [1.165, 1.54) is 12.4 Å². The molecule has 88 valence electrons. The lowest BCUT2D eigenvalue weighted by Gasteiger charge is -2.05. The molecular weight excluding hydrogens is 216 g/mol. The first-order chi connectivity index (χ1) is 8.24. The highest BCUT2D eigenvalue weighted by molar-refractivity contribution is 5.41. The van der Waals surface area contributed by atoms with Crippen molar-refractivity contribution in [2.45, 2.75) is 6.42 Å². The Kier molecular flexibility index (Phi) is 3.40. The Bertz CT molecular complexity index is 550. The van der Waals surface area contributed by atoms with Crippen molar-refractivity contribution in [2.75, 3.05) is 17.6 Å². The number of nitrogen functional groups attached to an aromatic ring is 1. The van der Waals surface area contributed by atoms with Crippen LogP contribution in [0.15, 0.2) is 41.5 Å². The molecule has 2 aromatic rings. The lowest BCUT2D eigenvalue weighted by atomic mass is 10.1. The zero-order chi connectivity index (χ0) is 12.1. The molecule has 0 saturated heterocycles. The minimum absolute atomic E-state index is 0.161. The van der Waals surface area contributed by atoms with E-state index in [9.17, 15) is 4.79 Å². The molecule has 4 N–H and O–H groups in total.